The van der Waals surface area contributed by atoms with Gasteiger partial charge in [0.05, 0.1) is 12.5 Å². The normalized spacial score (nSPS) is 14.0. The van der Waals surface area contributed by atoms with Gasteiger partial charge in [0, 0.05) is 12.2 Å². The van der Waals surface area contributed by atoms with Crippen LogP contribution in [-0.4, -0.2) is 37.4 Å². The highest BCUT2D eigenvalue weighted by atomic mass is 16.6. The molecule has 2 unspecified atom stereocenters. The van der Waals surface area contributed by atoms with E-state index in [0.717, 1.165) is 102 Å². The molecule has 0 aliphatic carbocycles. The maximum absolute atomic E-state index is 12.3. The van der Waals surface area contributed by atoms with Crippen LogP contribution in [0.1, 0.15) is 131 Å². The molecule has 0 heterocycles. The molecule has 0 aliphatic heterocycles. The molecule has 0 radical (unpaired) electrons. The molecule has 0 fully saturated rings. The van der Waals surface area contributed by atoms with Crippen molar-refractivity contribution in [3.8, 4) is 0 Å². The minimum Gasteiger partial charge on any atom is -0.490 e. The Morgan fingerprint density at radius 1 is 0.571 bits per heavy atom. The topological polar surface area (TPSA) is 71.1 Å². The highest BCUT2D eigenvalue weighted by Crippen LogP contribution is 2.14. The van der Waals surface area contributed by atoms with Crippen LogP contribution in [0.15, 0.2) is 60.1 Å². The first-order valence-electron chi connectivity index (χ1n) is 16.4. The minimum atomic E-state index is -0.619. The first-order valence-corrected chi connectivity index (χ1v) is 16.4. The minimum absolute atomic E-state index is 0.0602. The number of hydrogen-bond acceptors (Lipinski definition) is 6. The molecule has 0 rings (SSSR count). The Hall–Kier alpha value is -2.76. The summed E-state index contributed by atoms with van der Waals surface area (Å²) in [5.74, 6) is -1.24. The zero-order valence-corrected chi connectivity index (χ0v) is 27.5. The molecular formula is C36H60O6. The Balaban J connectivity index is 5.04. The van der Waals surface area contributed by atoms with Gasteiger partial charge in [0.2, 0.25) is 0 Å². The summed E-state index contributed by atoms with van der Waals surface area (Å²) >= 11 is 0. The average Bonchev–Trinajstić information content (AvgIpc) is 3.00. The second kappa shape index (κ2) is 28.4. The van der Waals surface area contributed by atoms with E-state index >= 15 is 0 Å². The molecule has 0 saturated heterocycles. The van der Waals surface area contributed by atoms with Crippen LogP contribution in [0.2, 0.25) is 0 Å². The van der Waals surface area contributed by atoms with E-state index < -0.39 is 11.9 Å². The van der Waals surface area contributed by atoms with Crippen molar-refractivity contribution in [3.05, 3.63) is 60.1 Å². The largest absolute Gasteiger partial charge is 0.490 e. The Labute approximate surface area is 257 Å². The summed E-state index contributed by atoms with van der Waals surface area (Å²) in [4.78, 5) is 24.7. The zero-order valence-electron chi connectivity index (χ0n) is 27.5. The second-order valence-electron chi connectivity index (χ2n) is 10.5. The molecule has 0 saturated carbocycles. The van der Waals surface area contributed by atoms with Crippen molar-refractivity contribution in [3.63, 3.8) is 0 Å². The summed E-state index contributed by atoms with van der Waals surface area (Å²) < 4.78 is 22.7. The van der Waals surface area contributed by atoms with Gasteiger partial charge >= 0.3 is 11.9 Å². The smallest absolute Gasteiger partial charge is 0.331 e. The summed E-state index contributed by atoms with van der Waals surface area (Å²) in [5.41, 5.74) is 2.48. The van der Waals surface area contributed by atoms with Crippen LogP contribution in [0.4, 0.5) is 0 Å². The van der Waals surface area contributed by atoms with Gasteiger partial charge in [-0.15, -0.1) is 0 Å². The Kier molecular flexibility index (Phi) is 26.5. The highest BCUT2D eigenvalue weighted by molar-refractivity contribution is 5.91. The number of hydrogen-bond donors (Lipinski definition) is 0. The van der Waals surface area contributed by atoms with E-state index in [0.29, 0.717) is 0 Å². The molecular weight excluding hydrogens is 528 g/mol. The van der Waals surface area contributed by atoms with Gasteiger partial charge < -0.3 is 18.9 Å². The van der Waals surface area contributed by atoms with Gasteiger partial charge in [-0.3, -0.25) is 0 Å². The van der Waals surface area contributed by atoms with Gasteiger partial charge in [0.25, 0.3) is 0 Å². The Morgan fingerprint density at radius 3 is 1.29 bits per heavy atom. The van der Waals surface area contributed by atoms with Crippen LogP contribution in [-0.2, 0) is 28.5 Å². The average molecular weight is 589 g/mol. The molecule has 0 N–H and O–H groups in total. The van der Waals surface area contributed by atoms with Gasteiger partial charge in [0.1, 0.15) is 25.4 Å². The molecule has 0 aromatic rings. The molecule has 0 spiro atoms. The van der Waals surface area contributed by atoms with Crippen LogP contribution < -0.4 is 0 Å². The summed E-state index contributed by atoms with van der Waals surface area (Å²) in [6, 6.07) is 0. The standard InChI is InChI=1S/C36H60O6/c1-7-13-17-19-23-33(39-27-31(11-5)21-15-9-3)29-41-35(37)25-26-36(38)42-30-34(24-20-18-14-8-2)40-28-32(12-6)22-16-10-4/h19-20,23-28,33-34H,7-18,21-22,29-30H2,1-6H3/b23-19?,24-20?,26-25+,31-27?,32-28?. The number of esters is 2. The number of carbonyl (C=O) groups excluding carboxylic acids is 2. The molecule has 2 atom stereocenters. The molecule has 6 nitrogen and oxygen atoms in total. The van der Waals surface area contributed by atoms with E-state index in [2.05, 4.69) is 53.7 Å². The Bertz CT molecular complexity index is 768. The van der Waals surface area contributed by atoms with E-state index in [1.807, 2.05) is 24.7 Å². The van der Waals surface area contributed by atoms with Crippen molar-refractivity contribution in [2.45, 2.75) is 144 Å². The lowest BCUT2D eigenvalue weighted by Crippen LogP contribution is -2.19. The fourth-order valence-corrected chi connectivity index (χ4v) is 3.79. The third-order valence-corrected chi connectivity index (χ3v) is 6.72. The third-order valence-electron chi connectivity index (χ3n) is 6.72. The van der Waals surface area contributed by atoms with Crippen LogP contribution in [0, 0.1) is 0 Å². The zero-order chi connectivity index (χ0) is 31.3. The molecule has 0 aromatic carbocycles. The fourth-order valence-electron chi connectivity index (χ4n) is 3.79. The third kappa shape index (κ3) is 22.9. The van der Waals surface area contributed by atoms with Crippen LogP contribution >= 0.6 is 0 Å². The van der Waals surface area contributed by atoms with Crippen LogP contribution in [0.25, 0.3) is 0 Å². The summed E-state index contributed by atoms with van der Waals surface area (Å²) in [6.07, 6.45) is 27.7. The first-order chi connectivity index (χ1) is 20.4. The summed E-state index contributed by atoms with van der Waals surface area (Å²) in [6.45, 7) is 13.0. The lowest BCUT2D eigenvalue weighted by Gasteiger charge is -2.15. The number of allylic oxidation sites excluding steroid dienone is 4. The van der Waals surface area contributed by atoms with Gasteiger partial charge in [-0.25, -0.2) is 9.59 Å². The van der Waals surface area contributed by atoms with E-state index in [4.69, 9.17) is 18.9 Å². The predicted molar refractivity (Wildman–Crippen MR) is 174 cm³/mol. The fraction of sp³-hybridized carbons (Fsp3) is 0.667. The molecule has 0 aliphatic rings. The maximum Gasteiger partial charge on any atom is 0.331 e. The second-order valence-corrected chi connectivity index (χ2v) is 10.5. The monoisotopic (exact) mass is 588 g/mol. The Morgan fingerprint density at radius 2 is 0.952 bits per heavy atom. The van der Waals surface area contributed by atoms with Crippen molar-refractivity contribution >= 4 is 11.9 Å². The predicted octanol–water partition coefficient (Wildman–Crippen LogP) is 9.86. The number of unbranched alkanes of at least 4 members (excludes halogenated alkanes) is 6. The quantitative estimate of drug-likeness (QED) is 0.0329. The SMILES string of the molecule is CCCCC=CC(COC(=O)/C=C/C(=O)OCC(C=CCCCC)OC=C(CC)CCCC)OC=C(CC)CCCC. The lowest BCUT2D eigenvalue weighted by atomic mass is 10.1. The van der Waals surface area contributed by atoms with Gasteiger partial charge in [-0.2, -0.15) is 0 Å². The van der Waals surface area contributed by atoms with Crippen molar-refractivity contribution in [2.24, 2.45) is 0 Å². The number of rotatable bonds is 26. The highest BCUT2D eigenvalue weighted by Gasteiger charge is 2.11. The van der Waals surface area contributed by atoms with Crippen LogP contribution in [0.3, 0.4) is 0 Å². The van der Waals surface area contributed by atoms with E-state index in [9.17, 15) is 9.59 Å². The first kappa shape index (κ1) is 39.2. The molecule has 0 bridgehead atoms. The molecule has 0 amide bonds. The number of ether oxygens (including phenoxy) is 4. The van der Waals surface area contributed by atoms with E-state index in [1.54, 1.807) is 0 Å². The maximum atomic E-state index is 12.3. The molecule has 0 aromatic heterocycles. The summed E-state index contributed by atoms with van der Waals surface area (Å²) in [5, 5.41) is 0. The lowest BCUT2D eigenvalue weighted by molar-refractivity contribution is -0.142. The summed E-state index contributed by atoms with van der Waals surface area (Å²) in [7, 11) is 0. The van der Waals surface area contributed by atoms with E-state index in [-0.39, 0.29) is 25.4 Å². The van der Waals surface area contributed by atoms with Crippen molar-refractivity contribution < 1.29 is 28.5 Å². The molecule has 42 heavy (non-hydrogen) atoms. The van der Waals surface area contributed by atoms with E-state index in [1.165, 1.54) is 11.1 Å². The molecule has 6 heteroatoms. The molecule has 240 valence electrons. The van der Waals surface area contributed by atoms with Crippen molar-refractivity contribution in [1.29, 1.82) is 0 Å². The van der Waals surface area contributed by atoms with Gasteiger partial charge in [-0.1, -0.05) is 92.2 Å². The van der Waals surface area contributed by atoms with Crippen LogP contribution in [0.5, 0.6) is 0 Å². The van der Waals surface area contributed by atoms with Crippen molar-refractivity contribution in [1.82, 2.24) is 0 Å². The van der Waals surface area contributed by atoms with Crippen molar-refractivity contribution in [2.75, 3.05) is 13.2 Å². The van der Waals surface area contributed by atoms with Gasteiger partial charge in [-0.05, 0) is 74.7 Å². The van der Waals surface area contributed by atoms with Gasteiger partial charge in [0.15, 0.2) is 0 Å². The number of carbonyl (C=O) groups is 2.